The minimum Gasteiger partial charge on any atom is -0.372 e. The molecule has 4 nitrogen and oxygen atoms in total. The third-order valence-electron chi connectivity index (χ3n) is 4.10. The summed E-state index contributed by atoms with van der Waals surface area (Å²) < 4.78 is 5.65. The van der Waals surface area contributed by atoms with Gasteiger partial charge in [0.15, 0.2) is 0 Å². The number of hydrogen-bond donors (Lipinski definition) is 1. The molecule has 0 spiro atoms. The van der Waals surface area contributed by atoms with Crippen LogP contribution in [0.5, 0.6) is 0 Å². The first-order chi connectivity index (χ1) is 8.48. The summed E-state index contributed by atoms with van der Waals surface area (Å²) in [5.41, 5.74) is -0.195. The van der Waals surface area contributed by atoms with Gasteiger partial charge < -0.3 is 15.0 Å². The maximum absolute atomic E-state index is 12.3. The van der Waals surface area contributed by atoms with E-state index in [2.05, 4.69) is 12.2 Å². The van der Waals surface area contributed by atoms with Gasteiger partial charge in [-0.15, -0.1) is 0 Å². The van der Waals surface area contributed by atoms with E-state index in [9.17, 15) is 4.79 Å². The second kappa shape index (κ2) is 5.57. The van der Waals surface area contributed by atoms with Gasteiger partial charge in [-0.1, -0.05) is 6.92 Å². The third-order valence-corrected chi connectivity index (χ3v) is 4.10. The van der Waals surface area contributed by atoms with E-state index in [0.29, 0.717) is 31.5 Å². The van der Waals surface area contributed by atoms with E-state index in [-0.39, 0.29) is 11.5 Å². The minimum absolute atomic E-state index is 0.195. The first-order valence-electron chi connectivity index (χ1n) is 7.13. The van der Waals surface area contributed by atoms with Gasteiger partial charge in [0, 0.05) is 25.6 Å². The second-order valence-electron chi connectivity index (χ2n) is 6.31. The molecule has 2 saturated heterocycles. The van der Waals surface area contributed by atoms with Crippen molar-refractivity contribution in [3.05, 3.63) is 0 Å². The standard InChI is InChI=1S/C14H26N2O2/c1-11-5-4-6-15-12(11)9-13(17)16-7-8-18-14(2,3)10-16/h11-12,15H,4-10H2,1-3H3. The number of rotatable bonds is 2. The number of ether oxygens (including phenoxy) is 1. The predicted octanol–water partition coefficient (Wildman–Crippen LogP) is 1.40. The van der Waals surface area contributed by atoms with E-state index < -0.39 is 0 Å². The van der Waals surface area contributed by atoms with Gasteiger partial charge in [0.25, 0.3) is 0 Å². The van der Waals surface area contributed by atoms with Crippen LogP contribution in [0.25, 0.3) is 0 Å². The molecule has 4 heteroatoms. The van der Waals surface area contributed by atoms with Gasteiger partial charge in [0.1, 0.15) is 0 Å². The zero-order valence-corrected chi connectivity index (χ0v) is 11.9. The highest BCUT2D eigenvalue weighted by molar-refractivity contribution is 5.77. The van der Waals surface area contributed by atoms with Crippen molar-refractivity contribution in [2.24, 2.45) is 5.92 Å². The van der Waals surface area contributed by atoms with E-state index in [0.717, 1.165) is 13.1 Å². The van der Waals surface area contributed by atoms with E-state index in [1.807, 2.05) is 18.7 Å². The molecule has 0 radical (unpaired) electrons. The number of hydrogen-bond acceptors (Lipinski definition) is 3. The summed E-state index contributed by atoms with van der Waals surface area (Å²) >= 11 is 0. The molecule has 2 fully saturated rings. The van der Waals surface area contributed by atoms with Gasteiger partial charge in [-0.2, -0.15) is 0 Å². The zero-order valence-electron chi connectivity index (χ0n) is 11.9. The van der Waals surface area contributed by atoms with Crippen LogP contribution in [0.3, 0.4) is 0 Å². The number of amides is 1. The third kappa shape index (κ3) is 3.45. The fourth-order valence-electron chi connectivity index (χ4n) is 2.93. The molecule has 0 aliphatic carbocycles. The Morgan fingerprint density at radius 3 is 2.94 bits per heavy atom. The van der Waals surface area contributed by atoms with E-state index in [4.69, 9.17) is 4.74 Å². The number of morpholine rings is 1. The minimum atomic E-state index is -0.195. The first kappa shape index (κ1) is 13.8. The Hall–Kier alpha value is -0.610. The number of carbonyl (C=O) groups excluding carboxylic acids is 1. The quantitative estimate of drug-likeness (QED) is 0.810. The van der Waals surface area contributed by atoms with Crippen LogP contribution < -0.4 is 5.32 Å². The molecule has 1 N–H and O–H groups in total. The van der Waals surface area contributed by atoms with E-state index >= 15 is 0 Å². The van der Waals surface area contributed by atoms with Crippen LogP contribution in [0.2, 0.25) is 0 Å². The molecular weight excluding hydrogens is 228 g/mol. The van der Waals surface area contributed by atoms with E-state index in [1.54, 1.807) is 0 Å². The van der Waals surface area contributed by atoms with Crippen molar-refractivity contribution in [3.8, 4) is 0 Å². The molecule has 2 heterocycles. The molecule has 1 amide bonds. The van der Waals surface area contributed by atoms with Crippen molar-refractivity contribution >= 4 is 5.91 Å². The fourth-order valence-corrected chi connectivity index (χ4v) is 2.93. The molecule has 2 aliphatic heterocycles. The molecule has 2 rings (SSSR count). The molecule has 0 aromatic rings. The zero-order chi connectivity index (χ0) is 13.2. The Morgan fingerprint density at radius 2 is 2.28 bits per heavy atom. The van der Waals surface area contributed by atoms with Gasteiger partial charge in [-0.3, -0.25) is 4.79 Å². The topological polar surface area (TPSA) is 41.6 Å². The Labute approximate surface area is 110 Å². The van der Waals surface area contributed by atoms with Crippen LogP contribution in [0.15, 0.2) is 0 Å². The summed E-state index contributed by atoms with van der Waals surface area (Å²) in [5.74, 6) is 0.884. The molecule has 0 aromatic carbocycles. The summed E-state index contributed by atoms with van der Waals surface area (Å²) in [4.78, 5) is 14.3. The normalized spacial score (nSPS) is 32.3. The lowest BCUT2D eigenvalue weighted by molar-refractivity contribution is -0.146. The maximum Gasteiger partial charge on any atom is 0.224 e. The van der Waals surface area contributed by atoms with E-state index in [1.165, 1.54) is 12.8 Å². The first-order valence-corrected chi connectivity index (χ1v) is 7.13. The summed E-state index contributed by atoms with van der Waals surface area (Å²) in [6, 6.07) is 0.359. The lowest BCUT2D eigenvalue weighted by Gasteiger charge is -2.39. The Bertz CT molecular complexity index is 304. The van der Waals surface area contributed by atoms with Crippen LogP contribution in [-0.2, 0) is 9.53 Å². The summed E-state index contributed by atoms with van der Waals surface area (Å²) in [7, 11) is 0. The average Bonchev–Trinajstić information content (AvgIpc) is 2.31. The highest BCUT2D eigenvalue weighted by Crippen LogP contribution is 2.21. The van der Waals surface area contributed by atoms with Gasteiger partial charge in [-0.25, -0.2) is 0 Å². The smallest absolute Gasteiger partial charge is 0.224 e. The Balaban J connectivity index is 1.87. The summed E-state index contributed by atoms with van der Waals surface area (Å²) in [6.45, 7) is 9.51. The molecular formula is C14H26N2O2. The molecule has 0 saturated carbocycles. The monoisotopic (exact) mass is 254 g/mol. The highest BCUT2D eigenvalue weighted by atomic mass is 16.5. The Morgan fingerprint density at radius 1 is 1.50 bits per heavy atom. The van der Waals surface area contributed by atoms with Crippen LogP contribution in [0, 0.1) is 5.92 Å². The molecule has 2 atom stereocenters. The SMILES string of the molecule is CC1CCCNC1CC(=O)N1CCOC(C)(C)C1. The number of piperidine rings is 1. The van der Waals surface area contributed by atoms with Gasteiger partial charge in [0.2, 0.25) is 5.91 Å². The van der Waals surface area contributed by atoms with Gasteiger partial charge in [-0.05, 0) is 39.2 Å². The summed E-state index contributed by atoms with van der Waals surface area (Å²) in [6.07, 6.45) is 3.10. The van der Waals surface area contributed by atoms with Gasteiger partial charge in [0.05, 0.1) is 12.2 Å². The molecule has 0 aromatic heterocycles. The van der Waals surface area contributed by atoms with Crippen molar-refractivity contribution in [3.63, 3.8) is 0 Å². The highest BCUT2D eigenvalue weighted by Gasteiger charge is 2.32. The number of nitrogens with zero attached hydrogens (tertiary/aromatic N) is 1. The lowest BCUT2D eigenvalue weighted by Crippen LogP contribution is -2.52. The number of carbonyl (C=O) groups is 1. The second-order valence-corrected chi connectivity index (χ2v) is 6.31. The van der Waals surface area contributed by atoms with Crippen LogP contribution in [0.4, 0.5) is 0 Å². The maximum atomic E-state index is 12.3. The molecule has 2 aliphatic rings. The van der Waals surface area contributed by atoms with Crippen molar-refractivity contribution in [2.75, 3.05) is 26.2 Å². The van der Waals surface area contributed by atoms with Crippen molar-refractivity contribution in [2.45, 2.75) is 51.7 Å². The fraction of sp³-hybridized carbons (Fsp3) is 0.929. The number of nitrogens with one attached hydrogen (secondary N) is 1. The molecule has 104 valence electrons. The van der Waals surface area contributed by atoms with Crippen LogP contribution >= 0.6 is 0 Å². The largest absolute Gasteiger partial charge is 0.372 e. The average molecular weight is 254 g/mol. The van der Waals surface area contributed by atoms with Crippen molar-refractivity contribution in [1.82, 2.24) is 10.2 Å². The van der Waals surface area contributed by atoms with Gasteiger partial charge >= 0.3 is 0 Å². The van der Waals surface area contributed by atoms with Crippen molar-refractivity contribution < 1.29 is 9.53 Å². The van der Waals surface area contributed by atoms with Crippen LogP contribution in [-0.4, -0.2) is 48.7 Å². The van der Waals surface area contributed by atoms with Crippen LogP contribution in [0.1, 0.15) is 40.0 Å². The molecule has 18 heavy (non-hydrogen) atoms. The molecule has 2 unspecified atom stereocenters. The summed E-state index contributed by atoms with van der Waals surface area (Å²) in [5, 5.41) is 3.48. The Kier molecular flexibility index (Phi) is 4.28. The predicted molar refractivity (Wildman–Crippen MR) is 71.4 cm³/mol. The van der Waals surface area contributed by atoms with Crippen molar-refractivity contribution in [1.29, 1.82) is 0 Å². The lowest BCUT2D eigenvalue weighted by atomic mass is 9.90. The molecule has 0 bridgehead atoms.